The van der Waals surface area contributed by atoms with Gasteiger partial charge in [0.1, 0.15) is 6.33 Å². The lowest BCUT2D eigenvalue weighted by Crippen LogP contribution is -2.19. The Kier molecular flexibility index (Phi) is 4.43. The maximum Gasteiger partial charge on any atom is 0.238 e. The number of nitrogens with two attached hydrogens (primary N) is 1. The molecule has 0 saturated heterocycles. The monoisotopic (exact) mass is 292 g/mol. The molecule has 0 radical (unpaired) electrons. The molecule has 3 N–H and O–H groups in total. The van der Waals surface area contributed by atoms with Crippen LogP contribution in [0.15, 0.2) is 47.8 Å². The van der Waals surface area contributed by atoms with Crippen molar-refractivity contribution in [1.82, 2.24) is 15.3 Å². The third-order valence-corrected chi connectivity index (χ3v) is 3.83. The van der Waals surface area contributed by atoms with E-state index in [4.69, 9.17) is 5.14 Å². The Bertz CT molecular complexity index is 674. The van der Waals surface area contributed by atoms with Crippen LogP contribution in [0.4, 0.5) is 0 Å². The van der Waals surface area contributed by atoms with E-state index in [1.807, 2.05) is 19.1 Å². The summed E-state index contributed by atoms with van der Waals surface area (Å²) in [6.45, 7) is 2.52. The van der Waals surface area contributed by atoms with E-state index in [-0.39, 0.29) is 10.9 Å². The summed E-state index contributed by atoms with van der Waals surface area (Å²) in [5.74, 6) is 0. The Morgan fingerprint density at radius 2 is 2.15 bits per heavy atom. The second-order valence-corrected chi connectivity index (χ2v) is 5.98. The molecule has 1 heterocycles. The molecule has 1 atom stereocenters. The fraction of sp³-hybridized carbons (Fsp3) is 0.231. The fourth-order valence-electron chi connectivity index (χ4n) is 1.76. The normalized spacial score (nSPS) is 13.1. The average Bonchev–Trinajstić information content (AvgIpc) is 2.45. The first-order valence-corrected chi connectivity index (χ1v) is 7.62. The first-order valence-electron chi connectivity index (χ1n) is 6.08. The maximum atomic E-state index is 11.3. The van der Waals surface area contributed by atoms with E-state index in [0.29, 0.717) is 6.54 Å². The zero-order valence-corrected chi connectivity index (χ0v) is 11.8. The molecule has 2 aromatic rings. The van der Waals surface area contributed by atoms with Gasteiger partial charge in [-0.05, 0) is 30.7 Å². The summed E-state index contributed by atoms with van der Waals surface area (Å²) in [6, 6.07) is 8.39. The molecule has 0 spiro atoms. The summed E-state index contributed by atoms with van der Waals surface area (Å²) in [7, 11) is -3.67. The largest absolute Gasteiger partial charge is 0.305 e. The van der Waals surface area contributed by atoms with E-state index in [1.54, 1.807) is 18.3 Å². The van der Waals surface area contributed by atoms with Crippen molar-refractivity contribution in [1.29, 1.82) is 0 Å². The van der Waals surface area contributed by atoms with Crippen LogP contribution in [0.2, 0.25) is 0 Å². The predicted molar refractivity (Wildman–Crippen MR) is 75.1 cm³/mol. The molecule has 1 unspecified atom stereocenters. The number of hydrogen-bond donors (Lipinski definition) is 2. The Morgan fingerprint density at radius 1 is 1.35 bits per heavy atom. The second kappa shape index (κ2) is 6.08. The van der Waals surface area contributed by atoms with Crippen molar-refractivity contribution in [2.24, 2.45) is 5.14 Å². The maximum absolute atomic E-state index is 11.3. The van der Waals surface area contributed by atoms with Gasteiger partial charge in [0.2, 0.25) is 10.0 Å². The fourth-order valence-corrected chi connectivity index (χ4v) is 2.33. The smallest absolute Gasteiger partial charge is 0.238 e. The molecule has 1 aromatic heterocycles. The summed E-state index contributed by atoms with van der Waals surface area (Å²) >= 11 is 0. The minimum absolute atomic E-state index is 0.0216. The minimum Gasteiger partial charge on any atom is -0.305 e. The Hall–Kier alpha value is -1.83. The van der Waals surface area contributed by atoms with Gasteiger partial charge in [0, 0.05) is 18.8 Å². The minimum atomic E-state index is -3.67. The molecular formula is C13H16N4O2S. The zero-order chi connectivity index (χ0) is 14.6. The lowest BCUT2D eigenvalue weighted by Gasteiger charge is -2.14. The zero-order valence-electron chi connectivity index (χ0n) is 11.0. The van der Waals surface area contributed by atoms with Crippen LogP contribution in [0.5, 0.6) is 0 Å². The molecule has 106 valence electrons. The number of rotatable bonds is 5. The molecule has 0 aliphatic heterocycles. The molecule has 0 amide bonds. The Labute approximate surface area is 118 Å². The van der Waals surface area contributed by atoms with Crippen LogP contribution < -0.4 is 10.5 Å². The Balaban J connectivity index is 2.08. The first-order chi connectivity index (χ1) is 9.47. The molecule has 1 aromatic carbocycles. The molecule has 0 bridgehead atoms. The van der Waals surface area contributed by atoms with Crippen molar-refractivity contribution < 1.29 is 8.42 Å². The van der Waals surface area contributed by atoms with Crippen LogP contribution in [0, 0.1) is 0 Å². The average molecular weight is 292 g/mol. The highest BCUT2D eigenvalue weighted by atomic mass is 32.2. The molecule has 6 nitrogen and oxygen atoms in total. The van der Waals surface area contributed by atoms with E-state index in [2.05, 4.69) is 15.3 Å². The topological polar surface area (TPSA) is 98.0 Å². The Morgan fingerprint density at radius 3 is 2.80 bits per heavy atom. The third kappa shape index (κ3) is 3.83. The van der Waals surface area contributed by atoms with Gasteiger partial charge < -0.3 is 5.32 Å². The number of sulfonamides is 1. The van der Waals surface area contributed by atoms with Crippen molar-refractivity contribution in [3.8, 4) is 0 Å². The van der Waals surface area contributed by atoms with Crippen LogP contribution in [0.25, 0.3) is 0 Å². The number of nitrogens with one attached hydrogen (secondary N) is 1. The lowest BCUT2D eigenvalue weighted by molar-refractivity contribution is 0.565. The molecule has 2 rings (SSSR count). The molecule has 7 heteroatoms. The summed E-state index contributed by atoms with van der Waals surface area (Å²) in [4.78, 5) is 8.08. The summed E-state index contributed by atoms with van der Waals surface area (Å²) in [6.07, 6.45) is 3.17. The molecule has 0 aliphatic carbocycles. The van der Waals surface area contributed by atoms with Crippen molar-refractivity contribution >= 4 is 10.0 Å². The van der Waals surface area contributed by atoms with Crippen molar-refractivity contribution in [3.63, 3.8) is 0 Å². The standard InChI is InChI=1S/C13H16N4O2S/c1-10(16-8-12-5-6-15-9-17-12)11-3-2-4-13(7-11)20(14,18)19/h2-7,9-10,16H,8H2,1H3,(H2,14,18,19). The highest BCUT2D eigenvalue weighted by molar-refractivity contribution is 7.89. The van der Waals surface area contributed by atoms with Crippen LogP contribution in [-0.2, 0) is 16.6 Å². The quantitative estimate of drug-likeness (QED) is 0.856. The molecule has 0 saturated carbocycles. The molecule has 20 heavy (non-hydrogen) atoms. The molecule has 0 fully saturated rings. The van der Waals surface area contributed by atoms with Crippen molar-refractivity contribution in [2.45, 2.75) is 24.4 Å². The van der Waals surface area contributed by atoms with Gasteiger partial charge in [-0.2, -0.15) is 0 Å². The van der Waals surface area contributed by atoms with Gasteiger partial charge in [0.15, 0.2) is 0 Å². The van der Waals surface area contributed by atoms with Crippen LogP contribution in [-0.4, -0.2) is 18.4 Å². The summed E-state index contributed by atoms with van der Waals surface area (Å²) in [5.41, 5.74) is 1.72. The van der Waals surface area contributed by atoms with Gasteiger partial charge in [-0.1, -0.05) is 12.1 Å². The third-order valence-electron chi connectivity index (χ3n) is 2.92. The van der Waals surface area contributed by atoms with Gasteiger partial charge in [-0.3, -0.25) is 0 Å². The number of primary sulfonamides is 1. The first kappa shape index (κ1) is 14.6. The SMILES string of the molecule is CC(NCc1ccncn1)c1cccc(S(N)(=O)=O)c1. The number of nitrogens with zero attached hydrogens (tertiary/aromatic N) is 2. The number of aromatic nitrogens is 2. The van der Waals surface area contributed by atoms with E-state index in [0.717, 1.165) is 11.3 Å². The number of hydrogen-bond acceptors (Lipinski definition) is 5. The van der Waals surface area contributed by atoms with E-state index >= 15 is 0 Å². The van der Waals surface area contributed by atoms with Gasteiger partial charge in [0.05, 0.1) is 10.6 Å². The second-order valence-electron chi connectivity index (χ2n) is 4.42. The highest BCUT2D eigenvalue weighted by Gasteiger charge is 2.11. The predicted octanol–water partition coefficient (Wildman–Crippen LogP) is 0.975. The molecular weight excluding hydrogens is 276 g/mol. The van der Waals surface area contributed by atoms with E-state index < -0.39 is 10.0 Å². The summed E-state index contributed by atoms with van der Waals surface area (Å²) < 4.78 is 22.7. The van der Waals surface area contributed by atoms with E-state index in [9.17, 15) is 8.42 Å². The van der Waals surface area contributed by atoms with Crippen LogP contribution >= 0.6 is 0 Å². The van der Waals surface area contributed by atoms with Crippen molar-refractivity contribution in [2.75, 3.05) is 0 Å². The van der Waals surface area contributed by atoms with Crippen LogP contribution in [0.3, 0.4) is 0 Å². The van der Waals surface area contributed by atoms with Gasteiger partial charge >= 0.3 is 0 Å². The lowest BCUT2D eigenvalue weighted by atomic mass is 10.1. The number of benzene rings is 1. The van der Waals surface area contributed by atoms with Crippen LogP contribution in [0.1, 0.15) is 24.2 Å². The molecule has 0 aliphatic rings. The highest BCUT2D eigenvalue weighted by Crippen LogP contribution is 2.16. The summed E-state index contributed by atoms with van der Waals surface area (Å²) in [5, 5.41) is 8.39. The van der Waals surface area contributed by atoms with Gasteiger partial charge in [-0.15, -0.1) is 0 Å². The van der Waals surface area contributed by atoms with E-state index in [1.165, 1.54) is 12.4 Å². The van der Waals surface area contributed by atoms with Crippen molar-refractivity contribution in [3.05, 3.63) is 54.1 Å². The van der Waals surface area contributed by atoms with Gasteiger partial charge in [0.25, 0.3) is 0 Å². The van der Waals surface area contributed by atoms with Gasteiger partial charge in [-0.25, -0.2) is 23.5 Å².